The fourth-order valence-electron chi connectivity index (χ4n) is 3.01. The number of allylic oxidation sites excluding steroid dienone is 1. The van der Waals surface area contributed by atoms with E-state index in [9.17, 15) is 4.39 Å². The molecule has 2 aliphatic heterocycles. The predicted octanol–water partition coefficient (Wildman–Crippen LogP) is 4.46. The van der Waals surface area contributed by atoms with E-state index in [0.29, 0.717) is 0 Å². The van der Waals surface area contributed by atoms with E-state index in [4.69, 9.17) is 14.0 Å². The van der Waals surface area contributed by atoms with Crippen LogP contribution in [0.15, 0.2) is 11.8 Å². The molecule has 3 nitrogen and oxygen atoms in total. The summed E-state index contributed by atoms with van der Waals surface area (Å²) in [7, 11) is -0.906. The number of hydrogen-bond donors (Lipinski definition) is 0. The van der Waals surface area contributed by atoms with Crippen molar-refractivity contribution in [2.45, 2.75) is 84.5 Å². The first-order valence-electron chi connectivity index (χ1n) is 8.38. The summed E-state index contributed by atoms with van der Waals surface area (Å²) in [6, 6.07) is 0. The van der Waals surface area contributed by atoms with Crippen LogP contribution in [0.4, 0.5) is 4.39 Å². The zero-order valence-electron chi connectivity index (χ0n) is 14.9. The molecule has 0 spiro atoms. The smallest absolute Gasteiger partial charge is 0.398 e. The van der Waals surface area contributed by atoms with Crippen LogP contribution in [0.1, 0.15) is 67.2 Å². The Morgan fingerprint density at radius 3 is 2.27 bits per heavy atom. The lowest BCUT2D eigenvalue weighted by Gasteiger charge is -2.32. The lowest BCUT2D eigenvalue weighted by molar-refractivity contribution is -0.00352. The molecular weight excluding hydrogens is 282 g/mol. The van der Waals surface area contributed by atoms with E-state index >= 15 is 0 Å². The second-order valence-corrected chi connectivity index (χ2v) is 8.30. The zero-order valence-corrected chi connectivity index (χ0v) is 14.9. The highest BCUT2D eigenvalue weighted by molar-refractivity contribution is 6.53. The summed E-state index contributed by atoms with van der Waals surface area (Å²) < 4.78 is 31.9. The van der Waals surface area contributed by atoms with Crippen LogP contribution in [0, 0.1) is 5.41 Å². The molecule has 0 saturated carbocycles. The van der Waals surface area contributed by atoms with Gasteiger partial charge < -0.3 is 14.0 Å². The van der Waals surface area contributed by atoms with Gasteiger partial charge in [-0.3, -0.25) is 0 Å². The average molecular weight is 312 g/mol. The molecule has 0 amide bonds. The Hall–Kier alpha value is -0.385. The van der Waals surface area contributed by atoms with Crippen molar-refractivity contribution >= 4 is 7.12 Å². The Labute approximate surface area is 134 Å². The van der Waals surface area contributed by atoms with E-state index < -0.39 is 18.3 Å². The minimum atomic E-state index is -0.906. The first-order chi connectivity index (χ1) is 10.0. The monoisotopic (exact) mass is 312 g/mol. The van der Waals surface area contributed by atoms with E-state index in [1.54, 1.807) is 6.08 Å². The molecule has 0 radical (unpaired) electrons. The normalized spacial score (nSPS) is 29.0. The van der Waals surface area contributed by atoms with Crippen molar-refractivity contribution in [3.05, 3.63) is 11.8 Å². The number of hydrogen-bond acceptors (Lipinski definition) is 3. The van der Waals surface area contributed by atoms with Gasteiger partial charge in [0.1, 0.15) is 5.73 Å². The molecule has 2 saturated heterocycles. The van der Waals surface area contributed by atoms with Gasteiger partial charge in [-0.1, -0.05) is 19.9 Å². The minimum absolute atomic E-state index is 0.228. The second kappa shape index (κ2) is 6.25. The largest absolute Gasteiger partial charge is 0.524 e. The molecule has 0 aliphatic carbocycles. The van der Waals surface area contributed by atoms with Crippen LogP contribution >= 0.6 is 0 Å². The highest BCUT2D eigenvalue weighted by atomic mass is 19.1. The Morgan fingerprint density at radius 1 is 1.18 bits per heavy atom. The third-order valence-electron chi connectivity index (χ3n) is 5.03. The van der Waals surface area contributed by atoms with Crippen LogP contribution in [0.25, 0.3) is 0 Å². The zero-order chi connectivity index (χ0) is 16.6. The van der Waals surface area contributed by atoms with E-state index in [0.717, 1.165) is 25.9 Å². The third kappa shape index (κ3) is 4.12. The van der Waals surface area contributed by atoms with E-state index in [-0.39, 0.29) is 17.2 Å². The van der Waals surface area contributed by atoms with E-state index in [1.807, 2.05) is 41.5 Å². The lowest BCUT2D eigenvalue weighted by atomic mass is 9.78. The van der Waals surface area contributed by atoms with E-state index in [1.165, 1.54) is 6.42 Å². The summed E-state index contributed by atoms with van der Waals surface area (Å²) >= 11 is 0. The Morgan fingerprint density at radius 2 is 1.77 bits per heavy atom. The second-order valence-electron chi connectivity index (χ2n) is 8.30. The molecule has 2 heterocycles. The molecule has 2 rings (SSSR count). The van der Waals surface area contributed by atoms with Crippen LogP contribution < -0.4 is 0 Å². The Bertz CT molecular complexity index is 410. The summed E-state index contributed by atoms with van der Waals surface area (Å²) in [5.41, 5.74) is -1.64. The van der Waals surface area contributed by atoms with Crippen molar-refractivity contribution in [2.24, 2.45) is 5.41 Å². The molecule has 2 aliphatic rings. The fourth-order valence-corrected chi connectivity index (χ4v) is 3.01. The maximum Gasteiger partial charge on any atom is 0.524 e. The van der Waals surface area contributed by atoms with Gasteiger partial charge in [0, 0.05) is 6.61 Å². The molecule has 22 heavy (non-hydrogen) atoms. The summed E-state index contributed by atoms with van der Waals surface area (Å²) in [6.45, 7) is 12.6. The van der Waals surface area contributed by atoms with Crippen molar-refractivity contribution in [1.29, 1.82) is 0 Å². The first kappa shape index (κ1) is 18.0. The quantitative estimate of drug-likeness (QED) is 0.718. The van der Waals surface area contributed by atoms with Crippen molar-refractivity contribution in [1.82, 2.24) is 0 Å². The summed E-state index contributed by atoms with van der Waals surface area (Å²) in [5, 5.41) is 0. The fraction of sp³-hybridized carbons (Fsp3) is 0.882. The van der Waals surface area contributed by atoms with Gasteiger partial charge in [-0.05, 0) is 58.8 Å². The van der Waals surface area contributed by atoms with Gasteiger partial charge in [0.05, 0.1) is 17.3 Å². The molecule has 2 fully saturated rings. The van der Waals surface area contributed by atoms with Gasteiger partial charge in [-0.2, -0.15) is 0 Å². The van der Waals surface area contributed by atoms with Crippen LogP contribution in [-0.2, 0) is 14.0 Å². The van der Waals surface area contributed by atoms with Crippen LogP contribution in [0.5, 0.6) is 0 Å². The molecule has 1 atom stereocenters. The number of rotatable bonds is 4. The molecule has 0 aromatic rings. The highest BCUT2D eigenvalue weighted by Gasteiger charge is 2.53. The molecular formula is C17H30BFO3. The molecule has 1 unspecified atom stereocenters. The molecule has 0 aromatic heterocycles. The topological polar surface area (TPSA) is 27.7 Å². The van der Waals surface area contributed by atoms with Crippen molar-refractivity contribution in [2.75, 3.05) is 6.61 Å². The van der Waals surface area contributed by atoms with Gasteiger partial charge in [0.25, 0.3) is 0 Å². The van der Waals surface area contributed by atoms with Gasteiger partial charge in [0.15, 0.2) is 0 Å². The van der Waals surface area contributed by atoms with Gasteiger partial charge in [-0.15, -0.1) is 0 Å². The standard InChI is InChI=1S/C17H30BFO3/c1-15(2,11-13-9-7-8-10-20-13)12-14(19)18-21-16(3,4)17(5,6)22-18/h12-13H,7-11H2,1-6H3. The Balaban J connectivity index is 2.01. The van der Waals surface area contributed by atoms with Crippen molar-refractivity contribution < 1.29 is 18.4 Å². The van der Waals surface area contributed by atoms with Gasteiger partial charge >= 0.3 is 7.12 Å². The van der Waals surface area contributed by atoms with Gasteiger partial charge in [-0.25, -0.2) is 4.39 Å². The molecule has 0 bridgehead atoms. The SMILES string of the molecule is CC(C)(C=C(F)B1OC(C)(C)C(C)(C)O1)CC1CCCCO1. The van der Waals surface area contributed by atoms with Crippen LogP contribution in [0.2, 0.25) is 0 Å². The third-order valence-corrected chi connectivity index (χ3v) is 5.03. The van der Waals surface area contributed by atoms with Crippen LogP contribution in [-0.4, -0.2) is 31.0 Å². The molecule has 0 N–H and O–H groups in total. The Kier molecular flexibility index (Phi) is 5.11. The van der Waals surface area contributed by atoms with E-state index in [2.05, 4.69) is 0 Å². The lowest BCUT2D eigenvalue weighted by Crippen LogP contribution is -2.41. The van der Waals surface area contributed by atoms with Gasteiger partial charge in [0.2, 0.25) is 0 Å². The van der Waals surface area contributed by atoms with Crippen LogP contribution in [0.3, 0.4) is 0 Å². The summed E-state index contributed by atoms with van der Waals surface area (Å²) in [6.07, 6.45) is 6.09. The number of ether oxygens (including phenoxy) is 1. The molecule has 5 heteroatoms. The molecule has 0 aromatic carbocycles. The van der Waals surface area contributed by atoms with Crippen molar-refractivity contribution in [3.63, 3.8) is 0 Å². The highest BCUT2D eigenvalue weighted by Crippen LogP contribution is 2.40. The maximum absolute atomic E-state index is 14.6. The summed E-state index contributed by atoms with van der Waals surface area (Å²) in [4.78, 5) is 0. The van der Waals surface area contributed by atoms with Crippen molar-refractivity contribution in [3.8, 4) is 0 Å². The first-order valence-corrected chi connectivity index (χ1v) is 8.38. The minimum Gasteiger partial charge on any atom is -0.398 e. The average Bonchev–Trinajstić information content (AvgIpc) is 2.58. The number of halogens is 1. The summed E-state index contributed by atoms with van der Waals surface area (Å²) in [5.74, 6) is 0. The molecule has 126 valence electrons. The predicted molar refractivity (Wildman–Crippen MR) is 87.3 cm³/mol. The maximum atomic E-state index is 14.6.